The van der Waals surface area contributed by atoms with Gasteiger partial charge in [-0.15, -0.1) is 11.6 Å². The van der Waals surface area contributed by atoms with Crippen LogP contribution in [0.15, 0.2) is 43.0 Å². The maximum absolute atomic E-state index is 12.6. The molecule has 0 spiro atoms. The van der Waals surface area contributed by atoms with Crippen LogP contribution in [0.5, 0.6) is 0 Å². The molecule has 0 saturated carbocycles. The monoisotopic (exact) mass is 273 g/mol. The lowest BCUT2D eigenvalue weighted by Gasteiger charge is -2.28. The Hall–Kier alpha value is -1.94. The van der Waals surface area contributed by atoms with Crippen LogP contribution in [-0.2, 0) is 9.63 Å². The van der Waals surface area contributed by atoms with E-state index in [0.717, 1.165) is 11.5 Å². The first kappa shape index (κ1) is 14.5. The lowest BCUT2D eigenvalue weighted by molar-refractivity contribution is -0.173. The van der Waals surface area contributed by atoms with Crippen LogP contribution < -0.4 is 0 Å². The SMILES string of the molecule is C=CCC1(C)CCCON(C(=O)c2ccccc2)C1=O. The molecule has 1 fully saturated rings. The summed E-state index contributed by atoms with van der Waals surface area (Å²) in [6, 6.07) is 8.70. The summed E-state index contributed by atoms with van der Waals surface area (Å²) in [6.45, 7) is 5.93. The number of hydrogen-bond donors (Lipinski definition) is 0. The molecule has 1 aliphatic heterocycles. The zero-order valence-electron chi connectivity index (χ0n) is 11.7. The van der Waals surface area contributed by atoms with E-state index in [0.29, 0.717) is 25.0 Å². The summed E-state index contributed by atoms with van der Waals surface area (Å²) in [4.78, 5) is 30.4. The minimum absolute atomic E-state index is 0.288. The maximum atomic E-state index is 12.6. The molecule has 1 heterocycles. The highest BCUT2D eigenvalue weighted by Gasteiger charge is 2.41. The van der Waals surface area contributed by atoms with Crippen molar-refractivity contribution in [2.75, 3.05) is 6.61 Å². The van der Waals surface area contributed by atoms with Gasteiger partial charge in [0.2, 0.25) is 0 Å². The number of benzene rings is 1. The lowest BCUT2D eigenvalue weighted by Crippen LogP contribution is -2.43. The molecule has 0 aromatic heterocycles. The van der Waals surface area contributed by atoms with Gasteiger partial charge < -0.3 is 0 Å². The Balaban J connectivity index is 2.28. The average molecular weight is 273 g/mol. The van der Waals surface area contributed by atoms with Gasteiger partial charge in [0.1, 0.15) is 0 Å². The van der Waals surface area contributed by atoms with Gasteiger partial charge in [0.25, 0.3) is 11.8 Å². The molecule has 0 bridgehead atoms. The second-order valence-corrected chi connectivity index (χ2v) is 5.26. The lowest BCUT2D eigenvalue weighted by atomic mass is 9.81. The smallest absolute Gasteiger partial charge is 0.271 e. The van der Waals surface area contributed by atoms with Crippen molar-refractivity contribution in [2.45, 2.75) is 26.2 Å². The summed E-state index contributed by atoms with van der Waals surface area (Å²) in [5.41, 5.74) is -0.174. The number of hydroxylamine groups is 2. The molecular formula is C16H19NO3. The van der Waals surface area contributed by atoms with Crippen molar-refractivity contribution >= 4 is 11.8 Å². The van der Waals surface area contributed by atoms with Gasteiger partial charge in [-0.2, -0.15) is 0 Å². The molecule has 0 N–H and O–H groups in total. The number of nitrogens with zero attached hydrogens (tertiary/aromatic N) is 1. The molecule has 1 aromatic carbocycles. The third kappa shape index (κ3) is 2.80. The molecule has 106 valence electrons. The van der Waals surface area contributed by atoms with Crippen molar-refractivity contribution in [3.63, 3.8) is 0 Å². The summed E-state index contributed by atoms with van der Waals surface area (Å²) in [7, 11) is 0. The molecule has 1 saturated heterocycles. The molecular weight excluding hydrogens is 254 g/mol. The average Bonchev–Trinajstić information content (AvgIpc) is 2.60. The van der Waals surface area contributed by atoms with Crippen LogP contribution in [0, 0.1) is 5.41 Å². The Bertz CT molecular complexity index is 512. The van der Waals surface area contributed by atoms with E-state index in [9.17, 15) is 9.59 Å². The normalized spacial score (nSPS) is 23.2. The van der Waals surface area contributed by atoms with E-state index in [1.54, 1.807) is 30.3 Å². The van der Waals surface area contributed by atoms with Crippen molar-refractivity contribution in [3.05, 3.63) is 48.6 Å². The van der Waals surface area contributed by atoms with E-state index in [4.69, 9.17) is 4.84 Å². The molecule has 4 heteroatoms. The van der Waals surface area contributed by atoms with Crippen molar-refractivity contribution in [3.8, 4) is 0 Å². The van der Waals surface area contributed by atoms with Crippen LogP contribution in [0.3, 0.4) is 0 Å². The summed E-state index contributed by atoms with van der Waals surface area (Å²) < 4.78 is 0. The number of carbonyl (C=O) groups is 2. The van der Waals surface area contributed by atoms with Gasteiger partial charge in [-0.3, -0.25) is 14.4 Å². The molecule has 2 rings (SSSR count). The van der Waals surface area contributed by atoms with Crippen LogP contribution in [0.25, 0.3) is 0 Å². The van der Waals surface area contributed by atoms with Gasteiger partial charge in [-0.1, -0.05) is 31.2 Å². The minimum Gasteiger partial charge on any atom is -0.271 e. The minimum atomic E-state index is -0.622. The van der Waals surface area contributed by atoms with Gasteiger partial charge in [0.15, 0.2) is 0 Å². The van der Waals surface area contributed by atoms with Crippen molar-refractivity contribution < 1.29 is 14.4 Å². The zero-order valence-corrected chi connectivity index (χ0v) is 11.7. The topological polar surface area (TPSA) is 46.6 Å². The summed E-state index contributed by atoms with van der Waals surface area (Å²) in [6.07, 6.45) is 3.69. The summed E-state index contributed by atoms with van der Waals surface area (Å²) in [5, 5.41) is 0.922. The highest BCUT2D eigenvalue weighted by Crippen LogP contribution is 2.33. The Morgan fingerprint density at radius 1 is 1.45 bits per heavy atom. The van der Waals surface area contributed by atoms with Gasteiger partial charge in [0.05, 0.1) is 12.0 Å². The molecule has 1 atom stereocenters. The van der Waals surface area contributed by atoms with Crippen molar-refractivity contribution in [1.29, 1.82) is 0 Å². The molecule has 1 unspecified atom stereocenters. The van der Waals surface area contributed by atoms with E-state index >= 15 is 0 Å². The predicted octanol–water partition coefficient (Wildman–Crippen LogP) is 2.96. The van der Waals surface area contributed by atoms with Gasteiger partial charge >= 0.3 is 0 Å². The van der Waals surface area contributed by atoms with Crippen LogP contribution in [0.1, 0.15) is 36.5 Å². The van der Waals surface area contributed by atoms with Gasteiger partial charge in [-0.25, -0.2) is 0 Å². The Morgan fingerprint density at radius 3 is 2.80 bits per heavy atom. The van der Waals surface area contributed by atoms with Crippen LogP contribution in [0.2, 0.25) is 0 Å². The number of rotatable bonds is 3. The highest BCUT2D eigenvalue weighted by atomic mass is 16.7. The number of carbonyl (C=O) groups excluding carboxylic acids is 2. The maximum Gasteiger partial charge on any atom is 0.284 e. The Morgan fingerprint density at radius 2 is 2.15 bits per heavy atom. The third-order valence-electron chi connectivity index (χ3n) is 3.59. The van der Waals surface area contributed by atoms with Crippen LogP contribution >= 0.6 is 0 Å². The van der Waals surface area contributed by atoms with E-state index < -0.39 is 11.3 Å². The van der Waals surface area contributed by atoms with Gasteiger partial charge in [0, 0.05) is 5.56 Å². The van der Waals surface area contributed by atoms with E-state index in [1.807, 2.05) is 13.0 Å². The summed E-state index contributed by atoms with van der Waals surface area (Å²) in [5.74, 6) is -0.698. The number of imide groups is 1. The third-order valence-corrected chi connectivity index (χ3v) is 3.59. The largest absolute Gasteiger partial charge is 0.284 e. The van der Waals surface area contributed by atoms with E-state index in [-0.39, 0.29) is 5.91 Å². The van der Waals surface area contributed by atoms with E-state index in [2.05, 4.69) is 6.58 Å². The predicted molar refractivity (Wildman–Crippen MR) is 75.7 cm³/mol. The molecule has 0 aliphatic carbocycles. The second kappa shape index (κ2) is 6.01. The zero-order chi connectivity index (χ0) is 14.6. The molecule has 0 radical (unpaired) electrons. The summed E-state index contributed by atoms with van der Waals surface area (Å²) >= 11 is 0. The number of allylic oxidation sites excluding steroid dienone is 1. The van der Waals surface area contributed by atoms with Crippen molar-refractivity contribution in [2.24, 2.45) is 5.41 Å². The Kier molecular flexibility index (Phi) is 4.35. The fourth-order valence-corrected chi connectivity index (χ4v) is 2.39. The Labute approximate surface area is 119 Å². The quantitative estimate of drug-likeness (QED) is 0.628. The molecule has 1 aromatic rings. The number of amides is 2. The van der Waals surface area contributed by atoms with Crippen LogP contribution in [-0.4, -0.2) is 23.5 Å². The standard InChI is InChI=1S/C16H19NO3/c1-3-10-16(2)11-7-12-20-17(15(16)19)14(18)13-8-5-4-6-9-13/h3-6,8-9H,1,7,10-12H2,2H3. The molecule has 1 aliphatic rings. The molecule has 2 amide bonds. The van der Waals surface area contributed by atoms with E-state index in [1.165, 1.54) is 0 Å². The second-order valence-electron chi connectivity index (χ2n) is 5.26. The fourth-order valence-electron chi connectivity index (χ4n) is 2.39. The highest BCUT2D eigenvalue weighted by molar-refractivity contribution is 6.05. The fraction of sp³-hybridized carbons (Fsp3) is 0.375. The first-order chi connectivity index (χ1) is 9.58. The molecule has 4 nitrogen and oxygen atoms in total. The van der Waals surface area contributed by atoms with Crippen molar-refractivity contribution in [1.82, 2.24) is 5.06 Å². The first-order valence-electron chi connectivity index (χ1n) is 6.76. The van der Waals surface area contributed by atoms with Gasteiger partial charge in [-0.05, 0) is 31.4 Å². The van der Waals surface area contributed by atoms with Crippen LogP contribution in [0.4, 0.5) is 0 Å². The molecule has 20 heavy (non-hydrogen) atoms. The first-order valence-corrected chi connectivity index (χ1v) is 6.76. The number of hydrogen-bond acceptors (Lipinski definition) is 3.